The third-order valence-electron chi connectivity index (χ3n) is 3.58. The van der Waals surface area contributed by atoms with Gasteiger partial charge < -0.3 is 20.1 Å². The molecule has 1 fully saturated rings. The maximum absolute atomic E-state index is 5.37. The largest absolute Gasteiger partial charge is 0.454 e. The van der Waals surface area contributed by atoms with E-state index in [1.165, 1.54) is 24.9 Å². The predicted molar refractivity (Wildman–Crippen MR) is 70.2 cm³/mol. The van der Waals surface area contributed by atoms with E-state index < -0.39 is 0 Å². The molecule has 4 nitrogen and oxygen atoms in total. The summed E-state index contributed by atoms with van der Waals surface area (Å²) in [6.07, 6.45) is 3.65. The second kappa shape index (κ2) is 5.59. The molecule has 0 saturated carbocycles. The van der Waals surface area contributed by atoms with Gasteiger partial charge in [-0.2, -0.15) is 0 Å². The molecule has 2 aliphatic heterocycles. The fourth-order valence-electron chi connectivity index (χ4n) is 2.54. The number of nitrogens with one attached hydrogen (secondary N) is 2. The average molecular weight is 248 g/mol. The molecule has 0 amide bonds. The van der Waals surface area contributed by atoms with Crippen LogP contribution in [-0.4, -0.2) is 32.5 Å². The van der Waals surface area contributed by atoms with Gasteiger partial charge in [-0.05, 0) is 50.0 Å². The van der Waals surface area contributed by atoms with Gasteiger partial charge in [-0.1, -0.05) is 6.07 Å². The molecule has 0 bridgehead atoms. The summed E-state index contributed by atoms with van der Waals surface area (Å²) in [5, 5.41) is 7.00. The van der Waals surface area contributed by atoms with Crippen molar-refractivity contribution in [2.24, 2.45) is 0 Å². The Morgan fingerprint density at radius 2 is 2.22 bits per heavy atom. The van der Waals surface area contributed by atoms with E-state index in [1.54, 1.807) is 0 Å². The smallest absolute Gasteiger partial charge is 0.231 e. The van der Waals surface area contributed by atoms with Gasteiger partial charge in [0.25, 0.3) is 0 Å². The van der Waals surface area contributed by atoms with Crippen molar-refractivity contribution in [2.75, 3.05) is 26.4 Å². The molecule has 2 heterocycles. The van der Waals surface area contributed by atoms with Crippen molar-refractivity contribution in [3.8, 4) is 11.5 Å². The maximum atomic E-state index is 5.37. The van der Waals surface area contributed by atoms with Crippen molar-refractivity contribution >= 4 is 0 Å². The Balaban J connectivity index is 1.42. The van der Waals surface area contributed by atoms with Gasteiger partial charge in [0.05, 0.1) is 0 Å². The first-order valence-electron chi connectivity index (χ1n) is 6.74. The van der Waals surface area contributed by atoms with Crippen LogP contribution in [0, 0.1) is 0 Å². The third kappa shape index (κ3) is 2.76. The molecular weight excluding hydrogens is 228 g/mol. The molecular formula is C14H20N2O2. The summed E-state index contributed by atoms with van der Waals surface area (Å²) in [5.74, 6) is 1.74. The fourth-order valence-corrected chi connectivity index (χ4v) is 2.54. The van der Waals surface area contributed by atoms with Gasteiger partial charge in [-0.25, -0.2) is 0 Å². The van der Waals surface area contributed by atoms with Gasteiger partial charge >= 0.3 is 0 Å². The molecule has 1 aromatic carbocycles. The summed E-state index contributed by atoms with van der Waals surface area (Å²) < 4.78 is 10.7. The van der Waals surface area contributed by atoms with E-state index in [4.69, 9.17) is 9.47 Å². The molecule has 98 valence electrons. The highest BCUT2D eigenvalue weighted by Gasteiger charge is 2.14. The second-order valence-electron chi connectivity index (χ2n) is 4.94. The molecule has 1 atom stereocenters. The molecule has 1 saturated heterocycles. The van der Waals surface area contributed by atoms with Crippen LogP contribution in [0.25, 0.3) is 0 Å². The Morgan fingerprint density at radius 1 is 1.28 bits per heavy atom. The molecule has 18 heavy (non-hydrogen) atoms. The van der Waals surface area contributed by atoms with E-state index >= 15 is 0 Å². The van der Waals surface area contributed by atoms with E-state index in [0.29, 0.717) is 12.8 Å². The zero-order valence-corrected chi connectivity index (χ0v) is 10.6. The Hall–Kier alpha value is -1.26. The van der Waals surface area contributed by atoms with Crippen LogP contribution in [0.3, 0.4) is 0 Å². The molecule has 1 aromatic rings. The van der Waals surface area contributed by atoms with E-state index in [0.717, 1.165) is 31.0 Å². The lowest BCUT2D eigenvalue weighted by Gasteiger charge is -2.11. The van der Waals surface area contributed by atoms with Gasteiger partial charge in [0, 0.05) is 12.6 Å². The molecule has 0 aromatic heterocycles. The topological polar surface area (TPSA) is 42.5 Å². The number of fused-ring (bicyclic) bond motifs is 1. The van der Waals surface area contributed by atoms with Crippen molar-refractivity contribution in [2.45, 2.75) is 25.3 Å². The Morgan fingerprint density at radius 3 is 3.11 bits per heavy atom. The van der Waals surface area contributed by atoms with Crippen LogP contribution in [0.4, 0.5) is 0 Å². The minimum absolute atomic E-state index is 0.352. The Labute approximate surface area is 108 Å². The summed E-state index contributed by atoms with van der Waals surface area (Å²) in [4.78, 5) is 0. The van der Waals surface area contributed by atoms with Crippen LogP contribution in [0.5, 0.6) is 11.5 Å². The normalized spacial score (nSPS) is 21.4. The van der Waals surface area contributed by atoms with Gasteiger partial charge in [0.15, 0.2) is 11.5 Å². The van der Waals surface area contributed by atoms with Crippen molar-refractivity contribution in [1.29, 1.82) is 0 Å². The SMILES string of the molecule is c1cc2c(cc1CCNCC1CCCN1)OCO2. The average Bonchev–Trinajstić information content (AvgIpc) is 3.05. The number of benzene rings is 1. The van der Waals surface area contributed by atoms with Crippen molar-refractivity contribution in [3.63, 3.8) is 0 Å². The summed E-state index contributed by atoms with van der Waals surface area (Å²) in [6, 6.07) is 6.86. The van der Waals surface area contributed by atoms with Crippen LogP contribution in [0.2, 0.25) is 0 Å². The molecule has 3 rings (SSSR count). The standard InChI is InChI=1S/C14H20N2O2/c1-2-12(16-6-1)9-15-7-5-11-3-4-13-14(8-11)18-10-17-13/h3-4,8,12,15-16H,1-2,5-7,9-10H2. The lowest BCUT2D eigenvalue weighted by atomic mass is 10.1. The highest BCUT2D eigenvalue weighted by Crippen LogP contribution is 2.32. The number of rotatable bonds is 5. The first-order chi connectivity index (χ1) is 8.92. The molecule has 0 radical (unpaired) electrons. The quantitative estimate of drug-likeness (QED) is 0.771. The number of hydrogen-bond acceptors (Lipinski definition) is 4. The van der Waals surface area contributed by atoms with E-state index in [9.17, 15) is 0 Å². The molecule has 1 unspecified atom stereocenters. The van der Waals surface area contributed by atoms with Gasteiger partial charge in [0.1, 0.15) is 0 Å². The van der Waals surface area contributed by atoms with Crippen molar-refractivity contribution < 1.29 is 9.47 Å². The van der Waals surface area contributed by atoms with Gasteiger partial charge in [0.2, 0.25) is 6.79 Å². The maximum Gasteiger partial charge on any atom is 0.231 e. The zero-order valence-electron chi connectivity index (χ0n) is 10.6. The molecule has 4 heteroatoms. The highest BCUT2D eigenvalue weighted by atomic mass is 16.7. The fraction of sp³-hybridized carbons (Fsp3) is 0.571. The minimum atomic E-state index is 0.352. The second-order valence-corrected chi connectivity index (χ2v) is 4.94. The Kier molecular flexibility index (Phi) is 3.67. The third-order valence-corrected chi connectivity index (χ3v) is 3.58. The van der Waals surface area contributed by atoms with Crippen LogP contribution in [-0.2, 0) is 6.42 Å². The van der Waals surface area contributed by atoms with Crippen molar-refractivity contribution in [3.05, 3.63) is 23.8 Å². The molecule has 0 aliphatic carbocycles. The first-order valence-corrected chi connectivity index (χ1v) is 6.74. The summed E-state index contributed by atoms with van der Waals surface area (Å²) in [5.41, 5.74) is 1.30. The first kappa shape index (κ1) is 11.8. The molecule has 0 spiro atoms. The van der Waals surface area contributed by atoms with E-state index in [1.807, 2.05) is 6.07 Å². The van der Waals surface area contributed by atoms with Crippen LogP contribution in [0.1, 0.15) is 18.4 Å². The zero-order chi connectivity index (χ0) is 12.2. The van der Waals surface area contributed by atoms with Crippen molar-refractivity contribution in [1.82, 2.24) is 10.6 Å². The van der Waals surface area contributed by atoms with E-state index in [2.05, 4.69) is 22.8 Å². The summed E-state index contributed by atoms with van der Waals surface area (Å²) >= 11 is 0. The number of hydrogen-bond donors (Lipinski definition) is 2. The lowest BCUT2D eigenvalue weighted by Crippen LogP contribution is -2.34. The summed E-state index contributed by atoms with van der Waals surface area (Å²) in [6.45, 7) is 3.61. The molecule has 2 aliphatic rings. The Bertz CT molecular complexity index is 403. The molecule has 2 N–H and O–H groups in total. The van der Waals surface area contributed by atoms with Gasteiger partial charge in [-0.3, -0.25) is 0 Å². The highest BCUT2D eigenvalue weighted by molar-refractivity contribution is 5.44. The van der Waals surface area contributed by atoms with E-state index in [-0.39, 0.29) is 0 Å². The summed E-state index contributed by atoms with van der Waals surface area (Å²) in [7, 11) is 0. The van der Waals surface area contributed by atoms with Gasteiger partial charge in [-0.15, -0.1) is 0 Å². The predicted octanol–water partition coefficient (Wildman–Crippen LogP) is 1.30. The van der Waals surface area contributed by atoms with Crippen LogP contribution in [0.15, 0.2) is 18.2 Å². The minimum Gasteiger partial charge on any atom is -0.454 e. The van der Waals surface area contributed by atoms with Crippen LogP contribution < -0.4 is 20.1 Å². The monoisotopic (exact) mass is 248 g/mol. The lowest BCUT2D eigenvalue weighted by molar-refractivity contribution is 0.174. The number of ether oxygens (including phenoxy) is 2. The van der Waals surface area contributed by atoms with Crippen LogP contribution >= 0.6 is 0 Å².